The van der Waals surface area contributed by atoms with Gasteiger partial charge in [-0.15, -0.1) is 0 Å². The summed E-state index contributed by atoms with van der Waals surface area (Å²) in [7, 11) is 3.26. The molecule has 0 saturated carbocycles. The Morgan fingerprint density at radius 2 is 2.22 bits per heavy atom. The zero-order valence-electron chi connectivity index (χ0n) is 11.1. The Labute approximate surface area is 112 Å². The molecule has 1 N–H and O–H groups in total. The van der Waals surface area contributed by atoms with E-state index in [9.17, 15) is 9.90 Å². The van der Waals surface area contributed by atoms with Gasteiger partial charge in [0.25, 0.3) is 5.91 Å². The number of amides is 1. The molecule has 0 aliphatic rings. The summed E-state index contributed by atoms with van der Waals surface area (Å²) in [6, 6.07) is 4.81. The molecule has 0 aliphatic carbocycles. The lowest BCUT2D eigenvalue weighted by Gasteiger charge is -2.24. The Balaban J connectivity index is 2.90. The number of nitrogens with zero attached hydrogens (tertiary/aromatic N) is 1. The summed E-state index contributed by atoms with van der Waals surface area (Å²) in [6.07, 6.45) is 2.00. The van der Waals surface area contributed by atoms with Crippen LogP contribution in [0, 0.1) is 0 Å². The number of thioether (sulfide) groups is 1. The minimum absolute atomic E-state index is 0.0532. The smallest absolute Gasteiger partial charge is 0.257 e. The SMILES string of the molecule is COc1ccc(C(=O)N(C)C(C)CSC)c(O)c1. The third-order valence-electron chi connectivity index (χ3n) is 2.82. The van der Waals surface area contributed by atoms with Crippen molar-refractivity contribution in [1.82, 2.24) is 4.90 Å². The molecule has 0 aromatic heterocycles. The van der Waals surface area contributed by atoms with Crippen LogP contribution in [-0.2, 0) is 0 Å². The van der Waals surface area contributed by atoms with Crippen LogP contribution in [0.1, 0.15) is 17.3 Å². The number of methoxy groups -OCH3 is 1. The minimum Gasteiger partial charge on any atom is -0.507 e. The van der Waals surface area contributed by atoms with Gasteiger partial charge in [0.15, 0.2) is 0 Å². The molecule has 0 radical (unpaired) electrons. The third kappa shape index (κ3) is 3.32. The van der Waals surface area contributed by atoms with Crippen molar-refractivity contribution < 1.29 is 14.6 Å². The molecule has 0 saturated heterocycles. The molecule has 1 rings (SSSR count). The van der Waals surface area contributed by atoms with E-state index in [2.05, 4.69) is 0 Å². The number of phenolic OH excluding ortho intramolecular Hbond substituents is 1. The summed E-state index contributed by atoms with van der Waals surface area (Å²) in [6.45, 7) is 1.98. The van der Waals surface area contributed by atoms with Gasteiger partial charge in [-0.05, 0) is 25.3 Å². The predicted octanol–water partition coefficient (Wildman–Crippen LogP) is 2.22. The number of ether oxygens (including phenoxy) is 1. The summed E-state index contributed by atoms with van der Waals surface area (Å²) in [5.74, 6) is 1.15. The van der Waals surface area contributed by atoms with Crippen molar-refractivity contribution in [3.05, 3.63) is 23.8 Å². The van der Waals surface area contributed by atoms with Gasteiger partial charge >= 0.3 is 0 Å². The van der Waals surface area contributed by atoms with Gasteiger partial charge in [0, 0.05) is 24.9 Å². The predicted molar refractivity (Wildman–Crippen MR) is 74.6 cm³/mol. The molecule has 0 fully saturated rings. The Hall–Kier alpha value is -1.36. The van der Waals surface area contributed by atoms with Crippen LogP contribution >= 0.6 is 11.8 Å². The lowest BCUT2D eigenvalue weighted by atomic mass is 10.1. The number of hydrogen-bond donors (Lipinski definition) is 1. The highest BCUT2D eigenvalue weighted by Crippen LogP contribution is 2.25. The first-order chi connectivity index (χ1) is 8.51. The average Bonchev–Trinajstić information content (AvgIpc) is 2.37. The second-order valence-corrected chi connectivity index (χ2v) is 5.01. The average molecular weight is 269 g/mol. The number of aromatic hydroxyl groups is 1. The van der Waals surface area contributed by atoms with Crippen molar-refractivity contribution in [3.63, 3.8) is 0 Å². The first-order valence-corrected chi connectivity index (χ1v) is 7.03. The number of carbonyl (C=O) groups is 1. The fourth-order valence-corrected chi connectivity index (χ4v) is 2.27. The Morgan fingerprint density at radius 1 is 1.56 bits per heavy atom. The van der Waals surface area contributed by atoms with Gasteiger partial charge in [0.2, 0.25) is 0 Å². The highest BCUT2D eigenvalue weighted by atomic mass is 32.2. The maximum absolute atomic E-state index is 12.2. The first-order valence-electron chi connectivity index (χ1n) is 5.64. The third-order valence-corrected chi connectivity index (χ3v) is 3.64. The Kier molecular flexibility index (Phi) is 5.34. The monoisotopic (exact) mass is 269 g/mol. The van der Waals surface area contributed by atoms with Crippen LogP contribution in [-0.4, -0.2) is 48.1 Å². The number of phenols is 1. The second-order valence-electron chi connectivity index (χ2n) is 4.10. The molecule has 100 valence electrons. The van der Waals surface area contributed by atoms with Crippen LogP contribution in [0.2, 0.25) is 0 Å². The molecule has 0 spiro atoms. The molecule has 1 aromatic carbocycles. The fourth-order valence-electron chi connectivity index (χ4n) is 1.56. The summed E-state index contributed by atoms with van der Waals surface area (Å²) in [4.78, 5) is 13.8. The van der Waals surface area contributed by atoms with Gasteiger partial charge in [0.05, 0.1) is 12.7 Å². The van der Waals surface area contributed by atoms with Crippen LogP contribution in [0.4, 0.5) is 0 Å². The Bertz CT molecular complexity index is 423. The lowest BCUT2D eigenvalue weighted by molar-refractivity contribution is 0.0754. The molecule has 0 heterocycles. The largest absolute Gasteiger partial charge is 0.507 e. The Morgan fingerprint density at radius 3 is 2.72 bits per heavy atom. The van der Waals surface area contributed by atoms with Crippen LogP contribution in [0.3, 0.4) is 0 Å². The zero-order valence-corrected chi connectivity index (χ0v) is 12.0. The standard InChI is InChI=1S/C13H19NO3S/c1-9(8-18-4)14(2)13(16)11-6-5-10(17-3)7-12(11)15/h5-7,9,15H,8H2,1-4H3. The minimum atomic E-state index is -0.184. The van der Waals surface area contributed by atoms with Gasteiger partial charge in [-0.1, -0.05) is 0 Å². The first kappa shape index (κ1) is 14.7. The van der Waals surface area contributed by atoms with Crippen molar-refractivity contribution >= 4 is 17.7 Å². The molecule has 18 heavy (non-hydrogen) atoms. The van der Waals surface area contributed by atoms with Crippen LogP contribution in [0.5, 0.6) is 11.5 Å². The van der Waals surface area contributed by atoms with Crippen LogP contribution < -0.4 is 4.74 Å². The molecule has 1 amide bonds. The number of carbonyl (C=O) groups excluding carboxylic acids is 1. The van der Waals surface area contributed by atoms with Crippen molar-refractivity contribution in [1.29, 1.82) is 0 Å². The van der Waals surface area contributed by atoms with Crippen molar-refractivity contribution in [3.8, 4) is 11.5 Å². The van der Waals surface area contributed by atoms with Gasteiger partial charge in [-0.25, -0.2) is 0 Å². The number of hydrogen-bond acceptors (Lipinski definition) is 4. The maximum Gasteiger partial charge on any atom is 0.257 e. The molecule has 1 atom stereocenters. The number of benzene rings is 1. The highest BCUT2D eigenvalue weighted by molar-refractivity contribution is 7.98. The summed E-state index contributed by atoms with van der Waals surface area (Å²) in [5.41, 5.74) is 0.297. The number of rotatable bonds is 5. The van der Waals surface area contributed by atoms with E-state index in [4.69, 9.17) is 4.74 Å². The summed E-state index contributed by atoms with van der Waals surface area (Å²) in [5, 5.41) is 9.82. The van der Waals surface area contributed by atoms with E-state index >= 15 is 0 Å². The van der Waals surface area contributed by atoms with Crippen LogP contribution in [0.25, 0.3) is 0 Å². The molecule has 1 unspecified atom stereocenters. The van der Waals surface area contributed by atoms with E-state index in [1.165, 1.54) is 13.2 Å². The molecule has 4 nitrogen and oxygen atoms in total. The van der Waals surface area contributed by atoms with Crippen molar-refractivity contribution in [2.45, 2.75) is 13.0 Å². The summed E-state index contributed by atoms with van der Waals surface area (Å²) < 4.78 is 4.99. The van der Waals surface area contributed by atoms with E-state index in [0.717, 1.165) is 5.75 Å². The van der Waals surface area contributed by atoms with E-state index in [1.807, 2.05) is 13.2 Å². The normalized spacial score (nSPS) is 12.0. The molecule has 0 bridgehead atoms. The summed E-state index contributed by atoms with van der Waals surface area (Å²) >= 11 is 1.68. The van der Waals surface area contributed by atoms with Gasteiger partial charge in [0.1, 0.15) is 11.5 Å². The van der Waals surface area contributed by atoms with Crippen molar-refractivity contribution in [2.24, 2.45) is 0 Å². The topological polar surface area (TPSA) is 49.8 Å². The van der Waals surface area contributed by atoms with E-state index in [1.54, 1.807) is 35.8 Å². The van der Waals surface area contributed by atoms with Crippen molar-refractivity contribution in [2.75, 3.05) is 26.2 Å². The van der Waals surface area contributed by atoms with Gasteiger partial charge in [-0.3, -0.25) is 4.79 Å². The lowest BCUT2D eigenvalue weighted by Crippen LogP contribution is -2.36. The van der Waals surface area contributed by atoms with Gasteiger partial charge in [-0.2, -0.15) is 11.8 Å². The second kappa shape index (κ2) is 6.54. The molecule has 0 aliphatic heterocycles. The van der Waals surface area contributed by atoms with Gasteiger partial charge < -0.3 is 14.7 Å². The van der Waals surface area contributed by atoms with Crippen LogP contribution in [0.15, 0.2) is 18.2 Å². The van der Waals surface area contributed by atoms with E-state index in [0.29, 0.717) is 11.3 Å². The molecular formula is C13H19NO3S. The molecule has 5 heteroatoms. The van der Waals surface area contributed by atoms with E-state index in [-0.39, 0.29) is 17.7 Å². The molecular weight excluding hydrogens is 250 g/mol. The zero-order chi connectivity index (χ0) is 13.7. The molecule has 1 aromatic rings. The highest BCUT2D eigenvalue weighted by Gasteiger charge is 2.20. The fraction of sp³-hybridized carbons (Fsp3) is 0.462. The quantitative estimate of drug-likeness (QED) is 0.890. The maximum atomic E-state index is 12.2. The van der Waals surface area contributed by atoms with E-state index < -0.39 is 0 Å².